The summed E-state index contributed by atoms with van der Waals surface area (Å²) in [6, 6.07) is 3.90. The molecule has 1 heteroatoms. The highest BCUT2D eigenvalue weighted by molar-refractivity contribution is 5.02. The molecular formula is C17H28O. The molecular weight excluding hydrogens is 220 g/mol. The van der Waals surface area contributed by atoms with Gasteiger partial charge in [-0.25, -0.2) is 0 Å². The van der Waals surface area contributed by atoms with Crippen LogP contribution in [0.25, 0.3) is 0 Å². The van der Waals surface area contributed by atoms with E-state index in [0.717, 1.165) is 23.0 Å². The first kappa shape index (κ1) is 13.7. The molecule has 0 aliphatic heterocycles. The van der Waals surface area contributed by atoms with Gasteiger partial charge in [0.15, 0.2) is 0 Å². The van der Waals surface area contributed by atoms with Gasteiger partial charge in [-0.1, -0.05) is 34.1 Å². The van der Waals surface area contributed by atoms with Gasteiger partial charge in [0.05, 0.1) is 6.26 Å². The Bertz CT molecular complexity index is 336. The lowest BCUT2D eigenvalue weighted by molar-refractivity contribution is -0.0435. The second-order valence-corrected chi connectivity index (χ2v) is 6.94. The highest BCUT2D eigenvalue weighted by Crippen LogP contribution is 2.60. The summed E-state index contributed by atoms with van der Waals surface area (Å²) in [5, 5.41) is 0. The molecule has 0 radical (unpaired) electrons. The average molecular weight is 248 g/mol. The van der Waals surface area contributed by atoms with Crippen LogP contribution in [0, 0.1) is 17.3 Å². The smallest absolute Gasteiger partial charge is 0.106 e. The first-order chi connectivity index (χ1) is 8.52. The molecule has 18 heavy (non-hydrogen) atoms. The second-order valence-electron chi connectivity index (χ2n) is 6.94. The summed E-state index contributed by atoms with van der Waals surface area (Å²) in [6.45, 7) is 8.96. The predicted molar refractivity (Wildman–Crippen MR) is 76.6 cm³/mol. The maximum Gasteiger partial charge on any atom is 0.106 e. The summed E-state index contributed by atoms with van der Waals surface area (Å²) < 4.78 is 5.09. The van der Waals surface area contributed by atoms with E-state index in [1.54, 1.807) is 31.9 Å². The van der Waals surface area contributed by atoms with E-state index in [1.807, 2.05) is 12.1 Å². The zero-order valence-corrected chi connectivity index (χ0v) is 12.4. The van der Waals surface area contributed by atoms with Crippen molar-refractivity contribution in [2.45, 2.75) is 65.7 Å². The van der Waals surface area contributed by atoms with E-state index in [4.69, 9.17) is 4.42 Å². The summed E-state index contributed by atoms with van der Waals surface area (Å²) in [5.74, 6) is 3.61. The molecule has 2 fully saturated rings. The van der Waals surface area contributed by atoms with Gasteiger partial charge in [0.25, 0.3) is 0 Å². The quantitative estimate of drug-likeness (QED) is 0.661. The molecule has 1 aromatic rings. The van der Waals surface area contributed by atoms with Crippen LogP contribution < -0.4 is 0 Å². The summed E-state index contributed by atoms with van der Waals surface area (Å²) >= 11 is 0. The molecule has 0 bridgehead atoms. The highest BCUT2D eigenvalue weighted by Gasteiger charge is 2.48. The SMILES string of the molecule is CC(C)C1CC2(CCC2)C1.CC(C)c1ccco1. The molecule has 1 nitrogen and oxygen atoms in total. The van der Waals surface area contributed by atoms with Gasteiger partial charge < -0.3 is 4.42 Å². The summed E-state index contributed by atoms with van der Waals surface area (Å²) in [6.07, 6.45) is 9.45. The van der Waals surface area contributed by atoms with Crippen molar-refractivity contribution in [1.82, 2.24) is 0 Å². The first-order valence-electron chi connectivity index (χ1n) is 7.56. The Kier molecular flexibility index (Phi) is 4.19. The second kappa shape index (κ2) is 5.50. The van der Waals surface area contributed by atoms with E-state index in [1.165, 1.54) is 6.42 Å². The lowest BCUT2D eigenvalue weighted by atomic mass is 9.50. The Hall–Kier alpha value is -0.720. The van der Waals surface area contributed by atoms with Crippen LogP contribution in [-0.2, 0) is 0 Å². The van der Waals surface area contributed by atoms with Crippen LogP contribution in [-0.4, -0.2) is 0 Å². The Morgan fingerprint density at radius 3 is 2.11 bits per heavy atom. The molecule has 2 saturated carbocycles. The van der Waals surface area contributed by atoms with Crippen LogP contribution >= 0.6 is 0 Å². The van der Waals surface area contributed by atoms with Crippen LogP contribution in [0.15, 0.2) is 22.8 Å². The third-order valence-electron chi connectivity index (χ3n) is 4.86. The lowest BCUT2D eigenvalue weighted by Crippen LogP contribution is -2.44. The fourth-order valence-corrected chi connectivity index (χ4v) is 3.23. The minimum atomic E-state index is 0.519. The highest BCUT2D eigenvalue weighted by atomic mass is 16.3. The van der Waals surface area contributed by atoms with E-state index in [9.17, 15) is 0 Å². The number of hydrogen-bond donors (Lipinski definition) is 0. The molecule has 0 saturated heterocycles. The predicted octanol–water partition coefficient (Wildman–Crippen LogP) is 5.63. The average Bonchev–Trinajstić information content (AvgIpc) is 2.65. The molecule has 1 heterocycles. The molecule has 1 spiro atoms. The molecule has 2 aliphatic carbocycles. The van der Waals surface area contributed by atoms with Gasteiger partial charge in [-0.2, -0.15) is 0 Å². The monoisotopic (exact) mass is 248 g/mol. The van der Waals surface area contributed by atoms with Crippen LogP contribution in [0.5, 0.6) is 0 Å². The van der Waals surface area contributed by atoms with Crippen molar-refractivity contribution in [3.8, 4) is 0 Å². The first-order valence-corrected chi connectivity index (χ1v) is 7.56. The van der Waals surface area contributed by atoms with E-state index < -0.39 is 0 Å². The number of rotatable bonds is 2. The van der Waals surface area contributed by atoms with Gasteiger partial charge in [0.1, 0.15) is 5.76 Å². The van der Waals surface area contributed by atoms with Crippen molar-refractivity contribution < 1.29 is 4.42 Å². The Morgan fingerprint density at radius 1 is 1.17 bits per heavy atom. The molecule has 3 rings (SSSR count). The van der Waals surface area contributed by atoms with E-state index >= 15 is 0 Å². The normalized spacial score (nSPS) is 21.4. The summed E-state index contributed by atoms with van der Waals surface area (Å²) in [7, 11) is 0. The van der Waals surface area contributed by atoms with E-state index in [2.05, 4.69) is 27.7 Å². The van der Waals surface area contributed by atoms with E-state index in [0.29, 0.717) is 5.92 Å². The van der Waals surface area contributed by atoms with Crippen LogP contribution in [0.1, 0.15) is 71.5 Å². The van der Waals surface area contributed by atoms with Crippen molar-refractivity contribution in [2.75, 3.05) is 0 Å². The minimum absolute atomic E-state index is 0.519. The molecule has 0 aromatic carbocycles. The van der Waals surface area contributed by atoms with Crippen molar-refractivity contribution >= 4 is 0 Å². The Labute approximate surface area is 112 Å². The van der Waals surface area contributed by atoms with Crippen molar-refractivity contribution in [1.29, 1.82) is 0 Å². The lowest BCUT2D eigenvalue weighted by Gasteiger charge is -2.55. The van der Waals surface area contributed by atoms with Gasteiger partial charge in [-0.15, -0.1) is 0 Å². The van der Waals surface area contributed by atoms with Crippen molar-refractivity contribution in [2.24, 2.45) is 17.3 Å². The van der Waals surface area contributed by atoms with Crippen molar-refractivity contribution in [3.05, 3.63) is 24.2 Å². The van der Waals surface area contributed by atoms with Crippen molar-refractivity contribution in [3.63, 3.8) is 0 Å². The molecule has 102 valence electrons. The Balaban J connectivity index is 0.000000138. The van der Waals surface area contributed by atoms with E-state index in [-0.39, 0.29) is 0 Å². The maximum atomic E-state index is 5.09. The third kappa shape index (κ3) is 2.99. The summed E-state index contributed by atoms with van der Waals surface area (Å²) in [4.78, 5) is 0. The van der Waals surface area contributed by atoms with Crippen LogP contribution in [0.3, 0.4) is 0 Å². The van der Waals surface area contributed by atoms with Crippen LogP contribution in [0.2, 0.25) is 0 Å². The topological polar surface area (TPSA) is 13.1 Å². The maximum absolute atomic E-state index is 5.09. The third-order valence-corrected chi connectivity index (χ3v) is 4.86. The van der Waals surface area contributed by atoms with Gasteiger partial charge in [0.2, 0.25) is 0 Å². The number of furan rings is 1. The Morgan fingerprint density at radius 2 is 1.83 bits per heavy atom. The van der Waals surface area contributed by atoms with Gasteiger partial charge >= 0.3 is 0 Å². The molecule has 0 amide bonds. The zero-order chi connectivity index (χ0) is 13.2. The number of hydrogen-bond acceptors (Lipinski definition) is 1. The molecule has 2 aliphatic rings. The molecule has 0 unspecified atom stereocenters. The largest absolute Gasteiger partial charge is 0.469 e. The van der Waals surface area contributed by atoms with Gasteiger partial charge in [-0.05, 0) is 55.1 Å². The zero-order valence-electron chi connectivity index (χ0n) is 12.4. The summed E-state index contributed by atoms with van der Waals surface area (Å²) in [5.41, 5.74) is 0.898. The fraction of sp³-hybridized carbons (Fsp3) is 0.765. The molecule has 0 N–H and O–H groups in total. The van der Waals surface area contributed by atoms with Gasteiger partial charge in [0, 0.05) is 5.92 Å². The molecule has 1 aromatic heterocycles. The van der Waals surface area contributed by atoms with Gasteiger partial charge in [-0.3, -0.25) is 0 Å². The molecule has 0 atom stereocenters. The standard InChI is InChI=1S/C10H18.C7H10O/c1-8(2)9-6-10(7-9)4-3-5-10;1-6(2)7-4-3-5-8-7/h8-9H,3-7H2,1-2H3;3-6H,1-2H3. The van der Waals surface area contributed by atoms with Crippen LogP contribution in [0.4, 0.5) is 0 Å². The minimum Gasteiger partial charge on any atom is -0.469 e. The fourth-order valence-electron chi connectivity index (χ4n) is 3.23.